The first-order valence-electron chi connectivity index (χ1n) is 13.6. The fraction of sp³-hybridized carbons (Fsp3) is 0.815. The second-order valence-electron chi connectivity index (χ2n) is 9.82. The van der Waals surface area contributed by atoms with Gasteiger partial charge in [-0.3, -0.25) is 4.79 Å². The molecule has 1 heterocycles. The Labute approximate surface area is 202 Å². The lowest BCUT2D eigenvalue weighted by molar-refractivity contribution is 0.0825. The topological polar surface area (TPSA) is 90.0 Å². The number of nitrogens with zero attached hydrogens (tertiary/aromatic N) is 2. The molecule has 0 saturated heterocycles. The summed E-state index contributed by atoms with van der Waals surface area (Å²) in [6.07, 6.45) is 22.9. The minimum Gasteiger partial charge on any atom is -0.383 e. The summed E-state index contributed by atoms with van der Waals surface area (Å²) in [5, 5.41) is 3.34. The molecular formula is C27H50N4O2. The van der Waals surface area contributed by atoms with E-state index < -0.39 is 11.7 Å². The fourth-order valence-electron chi connectivity index (χ4n) is 4.27. The first kappa shape index (κ1) is 29.3. The van der Waals surface area contributed by atoms with Crippen molar-refractivity contribution in [3.63, 3.8) is 0 Å². The zero-order valence-corrected chi connectivity index (χ0v) is 21.6. The largest absolute Gasteiger partial charge is 0.383 e. The lowest BCUT2D eigenvalue weighted by Gasteiger charge is -2.21. The van der Waals surface area contributed by atoms with Crippen molar-refractivity contribution in [2.24, 2.45) is 5.92 Å². The van der Waals surface area contributed by atoms with E-state index in [2.05, 4.69) is 17.2 Å². The Kier molecular flexibility index (Phi) is 16.6. The summed E-state index contributed by atoms with van der Waals surface area (Å²) < 4.78 is 1.06. The van der Waals surface area contributed by atoms with Gasteiger partial charge in [0.1, 0.15) is 5.82 Å². The number of nitrogens with two attached hydrogens (primary N) is 1. The molecule has 0 radical (unpaired) electrons. The van der Waals surface area contributed by atoms with E-state index in [-0.39, 0.29) is 17.6 Å². The number of carbonyl (C=O) groups excluding carboxylic acids is 1. The number of carbonyl (C=O) groups is 1. The van der Waals surface area contributed by atoms with Crippen molar-refractivity contribution in [1.82, 2.24) is 14.9 Å². The fourth-order valence-corrected chi connectivity index (χ4v) is 4.27. The van der Waals surface area contributed by atoms with Gasteiger partial charge in [-0.15, -0.1) is 0 Å². The van der Waals surface area contributed by atoms with Gasteiger partial charge in [0.25, 0.3) is 5.91 Å². The van der Waals surface area contributed by atoms with E-state index >= 15 is 0 Å². The highest BCUT2D eigenvalue weighted by molar-refractivity contribution is 5.84. The summed E-state index contributed by atoms with van der Waals surface area (Å²) in [7, 11) is 0. The Balaban J connectivity index is 2.03. The van der Waals surface area contributed by atoms with Gasteiger partial charge in [0, 0.05) is 6.20 Å². The van der Waals surface area contributed by atoms with Gasteiger partial charge < -0.3 is 11.1 Å². The van der Waals surface area contributed by atoms with Gasteiger partial charge in [-0.2, -0.15) is 4.98 Å². The monoisotopic (exact) mass is 462 g/mol. The van der Waals surface area contributed by atoms with Crippen LogP contribution in [0.15, 0.2) is 17.1 Å². The van der Waals surface area contributed by atoms with E-state index in [9.17, 15) is 9.59 Å². The average molecular weight is 463 g/mol. The number of nitrogens with one attached hydrogen (secondary N) is 1. The zero-order valence-electron chi connectivity index (χ0n) is 21.6. The standard InChI is InChI=1S/C27H50N4O2/c1-4-5-6-7-8-9-10-11-12-13-14-15-16-17-18-19-21-29-25(23(2)3)26(32)31-22-20-24(28)30-27(31)33/h20,22-23,25,29H,4-19,21H2,1-3H3,(H2,28,30,33). The highest BCUT2D eigenvalue weighted by Crippen LogP contribution is 2.14. The minimum absolute atomic E-state index is 0.0861. The molecule has 1 unspecified atom stereocenters. The summed E-state index contributed by atoms with van der Waals surface area (Å²) in [6, 6.07) is 1.08. The molecule has 190 valence electrons. The normalized spacial score (nSPS) is 12.4. The Morgan fingerprint density at radius 3 is 1.76 bits per heavy atom. The molecule has 0 fully saturated rings. The van der Waals surface area contributed by atoms with Crippen LogP contribution in [-0.2, 0) is 0 Å². The van der Waals surface area contributed by atoms with E-state index in [0.29, 0.717) is 0 Å². The summed E-state index contributed by atoms with van der Waals surface area (Å²) in [5.41, 5.74) is 4.90. The van der Waals surface area contributed by atoms with Crippen LogP contribution in [0.4, 0.5) is 5.82 Å². The third kappa shape index (κ3) is 13.6. The highest BCUT2D eigenvalue weighted by Gasteiger charge is 2.24. The molecule has 1 aromatic heterocycles. The number of anilines is 1. The number of rotatable bonds is 20. The number of hydrogen-bond acceptors (Lipinski definition) is 5. The van der Waals surface area contributed by atoms with Crippen molar-refractivity contribution >= 4 is 11.7 Å². The second kappa shape index (κ2) is 18.7. The average Bonchev–Trinajstić information content (AvgIpc) is 2.77. The maximum Gasteiger partial charge on any atom is 0.356 e. The van der Waals surface area contributed by atoms with Gasteiger partial charge in [-0.05, 0) is 24.9 Å². The Bertz CT molecular complexity index is 687. The molecule has 1 rings (SSSR count). The summed E-state index contributed by atoms with van der Waals surface area (Å²) in [6.45, 7) is 7.03. The molecule has 0 amide bonds. The molecule has 1 atom stereocenters. The Hall–Kier alpha value is -1.69. The van der Waals surface area contributed by atoms with Crippen LogP contribution in [0.25, 0.3) is 0 Å². The smallest absolute Gasteiger partial charge is 0.356 e. The van der Waals surface area contributed by atoms with Gasteiger partial charge in [0.2, 0.25) is 0 Å². The van der Waals surface area contributed by atoms with E-state index in [1.807, 2.05) is 13.8 Å². The molecule has 0 saturated carbocycles. The predicted octanol–water partition coefficient (Wildman–Crippen LogP) is 6.34. The maximum atomic E-state index is 12.7. The van der Waals surface area contributed by atoms with Crippen molar-refractivity contribution in [3.8, 4) is 0 Å². The summed E-state index contributed by atoms with van der Waals surface area (Å²) in [5.74, 6) is -0.0479. The van der Waals surface area contributed by atoms with E-state index in [1.54, 1.807) is 0 Å². The number of unbranched alkanes of at least 4 members (excludes halogenated alkanes) is 15. The van der Waals surface area contributed by atoms with E-state index in [4.69, 9.17) is 5.73 Å². The van der Waals surface area contributed by atoms with Gasteiger partial charge in [0.05, 0.1) is 6.04 Å². The van der Waals surface area contributed by atoms with Crippen molar-refractivity contribution < 1.29 is 4.79 Å². The Morgan fingerprint density at radius 2 is 1.33 bits per heavy atom. The molecule has 0 bridgehead atoms. The van der Waals surface area contributed by atoms with Crippen LogP contribution in [0.3, 0.4) is 0 Å². The molecule has 1 aromatic rings. The molecule has 3 N–H and O–H groups in total. The van der Waals surface area contributed by atoms with Gasteiger partial charge in [0.15, 0.2) is 0 Å². The summed E-state index contributed by atoms with van der Waals surface area (Å²) in [4.78, 5) is 28.4. The first-order valence-corrected chi connectivity index (χ1v) is 13.6. The molecule has 0 aromatic carbocycles. The predicted molar refractivity (Wildman–Crippen MR) is 140 cm³/mol. The van der Waals surface area contributed by atoms with Crippen LogP contribution in [0.5, 0.6) is 0 Å². The quantitative estimate of drug-likeness (QED) is 0.221. The van der Waals surface area contributed by atoms with Crippen LogP contribution in [0, 0.1) is 5.92 Å². The van der Waals surface area contributed by atoms with Gasteiger partial charge in [-0.1, -0.05) is 117 Å². The molecule has 6 heteroatoms. The third-order valence-electron chi connectivity index (χ3n) is 6.39. The number of hydrogen-bond donors (Lipinski definition) is 2. The van der Waals surface area contributed by atoms with Crippen LogP contribution >= 0.6 is 0 Å². The van der Waals surface area contributed by atoms with Gasteiger partial charge in [-0.25, -0.2) is 9.36 Å². The minimum atomic E-state index is -0.616. The van der Waals surface area contributed by atoms with Crippen molar-refractivity contribution in [2.75, 3.05) is 12.3 Å². The molecule has 0 aliphatic carbocycles. The van der Waals surface area contributed by atoms with Crippen LogP contribution < -0.4 is 16.7 Å². The van der Waals surface area contributed by atoms with Crippen molar-refractivity contribution in [1.29, 1.82) is 0 Å². The van der Waals surface area contributed by atoms with Crippen molar-refractivity contribution in [3.05, 3.63) is 22.7 Å². The number of aromatic nitrogens is 2. The first-order chi connectivity index (χ1) is 16.0. The third-order valence-corrected chi connectivity index (χ3v) is 6.39. The molecule has 33 heavy (non-hydrogen) atoms. The second-order valence-corrected chi connectivity index (χ2v) is 9.82. The van der Waals surface area contributed by atoms with Gasteiger partial charge >= 0.3 is 5.69 Å². The Morgan fingerprint density at radius 1 is 0.879 bits per heavy atom. The maximum absolute atomic E-state index is 12.7. The lowest BCUT2D eigenvalue weighted by atomic mass is 10.0. The van der Waals surface area contributed by atoms with E-state index in [1.165, 1.54) is 109 Å². The summed E-state index contributed by atoms with van der Waals surface area (Å²) >= 11 is 0. The van der Waals surface area contributed by atoms with E-state index in [0.717, 1.165) is 17.5 Å². The zero-order chi connectivity index (χ0) is 24.3. The molecular weight excluding hydrogens is 412 g/mol. The van der Waals surface area contributed by atoms with Crippen LogP contribution in [0.1, 0.15) is 128 Å². The lowest BCUT2D eigenvalue weighted by Crippen LogP contribution is -2.47. The number of nitrogen functional groups attached to an aromatic ring is 1. The molecule has 0 aliphatic rings. The SMILES string of the molecule is CCCCCCCCCCCCCCCCCCNC(C(=O)n1ccc(N)nc1=O)C(C)C. The highest BCUT2D eigenvalue weighted by atomic mass is 16.2. The van der Waals surface area contributed by atoms with Crippen LogP contribution in [0.2, 0.25) is 0 Å². The van der Waals surface area contributed by atoms with Crippen LogP contribution in [-0.4, -0.2) is 28.0 Å². The molecule has 0 aliphatic heterocycles. The molecule has 0 spiro atoms. The van der Waals surface area contributed by atoms with Crippen molar-refractivity contribution in [2.45, 2.75) is 130 Å². The molecule has 6 nitrogen and oxygen atoms in total.